The highest BCUT2D eigenvalue weighted by atomic mass is 32.2. The lowest BCUT2D eigenvalue weighted by Gasteiger charge is -2.22. The predicted octanol–water partition coefficient (Wildman–Crippen LogP) is 2.70. The molecule has 0 aliphatic rings. The molecular weight excluding hydrogens is 326 g/mol. The van der Waals surface area contributed by atoms with Crippen molar-refractivity contribution in [2.45, 2.75) is 23.8 Å². The zero-order valence-electron chi connectivity index (χ0n) is 13.3. The van der Waals surface area contributed by atoms with Crippen molar-refractivity contribution in [3.63, 3.8) is 0 Å². The Morgan fingerprint density at radius 2 is 1.83 bits per heavy atom. The van der Waals surface area contributed by atoms with E-state index in [0.717, 1.165) is 10.8 Å². The highest BCUT2D eigenvalue weighted by Crippen LogP contribution is 2.19. The Hall–Kier alpha value is -2.15. The molecule has 0 aliphatic heterocycles. The van der Waals surface area contributed by atoms with Crippen LogP contribution in [0.2, 0.25) is 0 Å². The van der Waals surface area contributed by atoms with Gasteiger partial charge in [-0.2, -0.15) is 0 Å². The molecule has 0 aliphatic carbocycles. The zero-order chi connectivity index (χ0) is 17.2. The summed E-state index contributed by atoms with van der Waals surface area (Å²) in [6.07, 6.45) is 1.74. The number of hydrogen-bond donors (Lipinski definition) is 2. The Kier molecular flexibility index (Phi) is 4.45. The van der Waals surface area contributed by atoms with E-state index in [1.54, 1.807) is 37.3 Å². The second-order valence-electron chi connectivity index (χ2n) is 6.09. The second-order valence-corrected chi connectivity index (χ2v) is 7.85. The van der Waals surface area contributed by atoms with Crippen LogP contribution >= 0.6 is 0 Å². The van der Waals surface area contributed by atoms with Gasteiger partial charge < -0.3 is 9.52 Å². The molecule has 0 fully saturated rings. The molecule has 0 amide bonds. The van der Waals surface area contributed by atoms with Crippen molar-refractivity contribution >= 4 is 20.8 Å². The zero-order valence-corrected chi connectivity index (χ0v) is 14.1. The van der Waals surface area contributed by atoms with Gasteiger partial charge in [-0.3, -0.25) is 0 Å². The number of sulfonamides is 1. The lowest BCUT2D eigenvalue weighted by Crippen LogP contribution is -2.42. The lowest BCUT2D eigenvalue weighted by atomic mass is 10.0. The molecule has 0 spiro atoms. The van der Waals surface area contributed by atoms with Crippen molar-refractivity contribution in [2.75, 3.05) is 6.54 Å². The average Bonchev–Trinajstić information content (AvgIpc) is 3.05. The van der Waals surface area contributed by atoms with Crippen LogP contribution in [-0.4, -0.2) is 25.7 Å². The third-order valence-corrected chi connectivity index (χ3v) is 5.21. The van der Waals surface area contributed by atoms with Gasteiger partial charge in [0.1, 0.15) is 5.76 Å². The minimum atomic E-state index is -3.70. The molecule has 1 atom stereocenters. The summed E-state index contributed by atoms with van der Waals surface area (Å²) in [4.78, 5) is 0.176. The summed E-state index contributed by atoms with van der Waals surface area (Å²) in [6.45, 7) is 1.46. The fourth-order valence-electron chi connectivity index (χ4n) is 2.52. The molecule has 6 heteroatoms. The van der Waals surface area contributed by atoms with Crippen LogP contribution in [0.4, 0.5) is 0 Å². The molecule has 0 saturated carbocycles. The monoisotopic (exact) mass is 345 g/mol. The molecule has 3 rings (SSSR count). The summed E-state index contributed by atoms with van der Waals surface area (Å²) in [5.74, 6) is 0.602. The molecule has 1 heterocycles. The Labute approximate surface area is 141 Å². The van der Waals surface area contributed by atoms with E-state index in [0.29, 0.717) is 5.76 Å². The Morgan fingerprint density at radius 1 is 1.08 bits per heavy atom. The smallest absolute Gasteiger partial charge is 0.240 e. The van der Waals surface area contributed by atoms with Gasteiger partial charge in [-0.1, -0.05) is 30.3 Å². The summed E-state index contributed by atoms with van der Waals surface area (Å²) in [5, 5.41) is 12.2. The first-order chi connectivity index (χ1) is 11.4. The standard InChI is InChI=1S/C18H19NO4S/c1-18(20,12-16-7-4-10-23-16)13-19-24(21,22)17-9-8-14-5-2-3-6-15(14)11-17/h2-11,19-20H,12-13H2,1H3. The highest BCUT2D eigenvalue weighted by Gasteiger charge is 2.25. The summed E-state index contributed by atoms with van der Waals surface area (Å²) in [6, 6.07) is 16.0. The summed E-state index contributed by atoms with van der Waals surface area (Å²) < 4.78 is 32.6. The van der Waals surface area contributed by atoms with Gasteiger partial charge in [0.25, 0.3) is 0 Å². The molecule has 2 aromatic carbocycles. The van der Waals surface area contributed by atoms with Crippen LogP contribution in [0.15, 0.2) is 70.2 Å². The largest absolute Gasteiger partial charge is 0.469 e. The van der Waals surface area contributed by atoms with Gasteiger partial charge in [-0.05, 0) is 42.0 Å². The van der Waals surface area contributed by atoms with Crippen LogP contribution in [0, 0.1) is 0 Å². The average molecular weight is 345 g/mol. The second kappa shape index (κ2) is 6.39. The molecule has 5 nitrogen and oxygen atoms in total. The molecule has 126 valence electrons. The number of aliphatic hydroxyl groups is 1. The molecule has 1 aromatic heterocycles. The Morgan fingerprint density at radius 3 is 2.54 bits per heavy atom. The van der Waals surface area contributed by atoms with Crippen LogP contribution in [0.1, 0.15) is 12.7 Å². The third kappa shape index (κ3) is 3.84. The first-order valence-electron chi connectivity index (χ1n) is 7.59. The maximum Gasteiger partial charge on any atom is 0.240 e. The number of furan rings is 1. The van der Waals surface area contributed by atoms with Crippen LogP contribution in [0.3, 0.4) is 0 Å². The van der Waals surface area contributed by atoms with Gasteiger partial charge in [0.05, 0.1) is 16.8 Å². The van der Waals surface area contributed by atoms with E-state index in [1.807, 2.05) is 24.3 Å². The van der Waals surface area contributed by atoms with Crippen molar-refractivity contribution in [3.8, 4) is 0 Å². The lowest BCUT2D eigenvalue weighted by molar-refractivity contribution is 0.0603. The summed E-state index contributed by atoms with van der Waals surface area (Å²) in [7, 11) is -3.70. The molecule has 2 N–H and O–H groups in total. The number of rotatable bonds is 6. The number of hydrogen-bond acceptors (Lipinski definition) is 4. The maximum atomic E-state index is 12.5. The van der Waals surface area contributed by atoms with Gasteiger partial charge in [0.15, 0.2) is 0 Å². The number of benzene rings is 2. The Bertz CT molecular complexity index is 931. The highest BCUT2D eigenvalue weighted by molar-refractivity contribution is 7.89. The van der Waals surface area contributed by atoms with E-state index in [1.165, 1.54) is 6.26 Å². The van der Waals surface area contributed by atoms with Crippen molar-refractivity contribution in [2.24, 2.45) is 0 Å². The van der Waals surface area contributed by atoms with E-state index in [-0.39, 0.29) is 17.9 Å². The molecule has 0 bridgehead atoms. The summed E-state index contributed by atoms with van der Waals surface area (Å²) >= 11 is 0. The van der Waals surface area contributed by atoms with E-state index in [4.69, 9.17) is 4.42 Å². The SMILES string of the molecule is CC(O)(CNS(=O)(=O)c1ccc2ccccc2c1)Cc1ccco1. The van der Waals surface area contributed by atoms with E-state index in [2.05, 4.69) is 4.72 Å². The van der Waals surface area contributed by atoms with E-state index in [9.17, 15) is 13.5 Å². The van der Waals surface area contributed by atoms with Gasteiger partial charge in [0.2, 0.25) is 10.0 Å². The fourth-order valence-corrected chi connectivity index (χ4v) is 3.72. The molecule has 3 aromatic rings. The normalized spacial score (nSPS) is 14.6. The van der Waals surface area contributed by atoms with Crippen molar-refractivity contribution < 1.29 is 17.9 Å². The van der Waals surface area contributed by atoms with Crippen LogP contribution in [0.25, 0.3) is 10.8 Å². The van der Waals surface area contributed by atoms with Crippen molar-refractivity contribution in [1.29, 1.82) is 0 Å². The molecular formula is C18H19NO4S. The van der Waals surface area contributed by atoms with E-state index < -0.39 is 15.6 Å². The van der Waals surface area contributed by atoms with E-state index >= 15 is 0 Å². The molecule has 24 heavy (non-hydrogen) atoms. The quantitative estimate of drug-likeness (QED) is 0.720. The molecule has 0 radical (unpaired) electrons. The predicted molar refractivity (Wildman–Crippen MR) is 92.2 cm³/mol. The van der Waals surface area contributed by atoms with Crippen LogP contribution < -0.4 is 4.72 Å². The van der Waals surface area contributed by atoms with Gasteiger partial charge >= 0.3 is 0 Å². The summed E-state index contributed by atoms with van der Waals surface area (Å²) in [5.41, 5.74) is -1.25. The first kappa shape index (κ1) is 16.7. The van der Waals surface area contributed by atoms with Crippen LogP contribution in [-0.2, 0) is 16.4 Å². The number of nitrogens with one attached hydrogen (secondary N) is 1. The van der Waals surface area contributed by atoms with Crippen molar-refractivity contribution in [3.05, 3.63) is 66.6 Å². The van der Waals surface area contributed by atoms with Crippen molar-refractivity contribution in [1.82, 2.24) is 4.72 Å². The topological polar surface area (TPSA) is 79.5 Å². The van der Waals surface area contributed by atoms with Gasteiger partial charge in [-0.15, -0.1) is 0 Å². The van der Waals surface area contributed by atoms with Gasteiger partial charge in [-0.25, -0.2) is 13.1 Å². The first-order valence-corrected chi connectivity index (χ1v) is 9.07. The fraction of sp³-hybridized carbons (Fsp3) is 0.222. The minimum absolute atomic E-state index is 0.108. The maximum absolute atomic E-state index is 12.5. The third-order valence-electron chi connectivity index (χ3n) is 3.81. The molecule has 1 unspecified atom stereocenters. The minimum Gasteiger partial charge on any atom is -0.469 e. The van der Waals surface area contributed by atoms with Crippen LogP contribution in [0.5, 0.6) is 0 Å². The number of fused-ring (bicyclic) bond motifs is 1. The van der Waals surface area contributed by atoms with Gasteiger partial charge in [0, 0.05) is 13.0 Å². The Balaban J connectivity index is 1.75. The molecule has 0 saturated heterocycles.